The predicted molar refractivity (Wildman–Crippen MR) is 146 cm³/mol. The molecule has 1 heterocycles. The van der Waals surface area contributed by atoms with Crippen LogP contribution >= 0.6 is 0 Å². The number of sulfonamides is 1. The fourth-order valence-electron chi connectivity index (χ4n) is 6.09. The van der Waals surface area contributed by atoms with Crippen molar-refractivity contribution in [2.75, 3.05) is 61.1 Å². The number of likely N-dealkylation sites (tertiary alicyclic amines) is 1. The van der Waals surface area contributed by atoms with Gasteiger partial charge in [-0.2, -0.15) is 4.31 Å². The second-order valence-corrected chi connectivity index (χ2v) is 13.0. The number of benzene rings is 1. The number of hydrogen-bond donors (Lipinski definition) is 0. The fourth-order valence-corrected chi connectivity index (χ4v) is 7.65. The van der Waals surface area contributed by atoms with Gasteiger partial charge in [0.15, 0.2) is 0 Å². The number of aryl methyl sites for hydroxylation is 2. The number of hydrogen-bond acceptors (Lipinski definition) is 6. The van der Waals surface area contributed by atoms with Crippen LogP contribution in [0.4, 0.5) is 0 Å². The third-order valence-electron chi connectivity index (χ3n) is 8.41. The Balaban J connectivity index is 1.47. The van der Waals surface area contributed by atoms with E-state index in [0.29, 0.717) is 27.7 Å². The highest BCUT2D eigenvalue weighted by Crippen LogP contribution is 2.37. The largest absolute Gasteiger partial charge is 0.497 e. The second kappa shape index (κ2) is 13.4. The minimum Gasteiger partial charge on any atom is -0.497 e. The monoisotopic (exact) mass is 537 g/mol. The van der Waals surface area contributed by atoms with E-state index in [0.717, 1.165) is 18.8 Å². The Morgan fingerprint density at radius 1 is 1.03 bits per heavy atom. The number of likely N-dealkylation sites (N-methyl/N-ethyl adjacent to an activating group) is 2. The van der Waals surface area contributed by atoms with E-state index in [2.05, 4.69) is 11.9 Å². The molecule has 0 aromatic heterocycles. The Hall–Kier alpha value is -1.68. The molecule has 3 rings (SSSR count). The molecular weight excluding hydrogens is 490 g/mol. The predicted octanol–water partition coefficient (Wildman–Crippen LogP) is 3.70. The molecule has 1 saturated heterocycles. The summed E-state index contributed by atoms with van der Waals surface area (Å²) >= 11 is 0. The van der Waals surface area contributed by atoms with Gasteiger partial charge >= 0.3 is 0 Å². The standard InChI is InChI=1S/C28H47N3O5S/c1-21-17-26(35-6)18-22(2)28(21)37(33,34)30(4)15-16-36-20-27(32)31(5)25-11-7-9-24(19-25)23-10-8-13-29(3)14-12-23/h17-18,23-25H,7-16,19-20H2,1-6H3/t23?,24-,25+/m0/s1. The summed E-state index contributed by atoms with van der Waals surface area (Å²) in [5.41, 5.74) is 1.28. The maximum atomic E-state index is 13.2. The molecular formula is C28H47N3O5S. The van der Waals surface area contributed by atoms with E-state index in [1.807, 2.05) is 11.9 Å². The zero-order chi connectivity index (χ0) is 27.2. The summed E-state index contributed by atoms with van der Waals surface area (Å²) in [6.45, 7) is 6.21. The van der Waals surface area contributed by atoms with Gasteiger partial charge in [0.2, 0.25) is 15.9 Å². The lowest BCUT2D eigenvalue weighted by Crippen LogP contribution is -2.43. The zero-order valence-corrected chi connectivity index (χ0v) is 24.5. The van der Waals surface area contributed by atoms with Gasteiger partial charge in [-0.1, -0.05) is 12.8 Å². The van der Waals surface area contributed by atoms with Crippen molar-refractivity contribution >= 4 is 15.9 Å². The summed E-state index contributed by atoms with van der Waals surface area (Å²) in [7, 11) is 3.53. The van der Waals surface area contributed by atoms with Crippen molar-refractivity contribution in [3.8, 4) is 5.75 Å². The van der Waals surface area contributed by atoms with Crippen LogP contribution in [0.3, 0.4) is 0 Å². The van der Waals surface area contributed by atoms with E-state index in [1.54, 1.807) is 40.1 Å². The first-order chi connectivity index (χ1) is 17.5. The summed E-state index contributed by atoms with van der Waals surface area (Å²) < 4.78 is 38.5. The number of methoxy groups -OCH3 is 1. The number of amides is 1. The molecule has 210 valence electrons. The number of nitrogens with zero attached hydrogens (tertiary/aromatic N) is 3. The molecule has 1 aliphatic carbocycles. The van der Waals surface area contributed by atoms with Crippen LogP contribution in [-0.4, -0.2) is 95.6 Å². The van der Waals surface area contributed by atoms with Gasteiger partial charge in [-0.3, -0.25) is 4.79 Å². The van der Waals surface area contributed by atoms with Gasteiger partial charge in [0.05, 0.1) is 18.6 Å². The molecule has 1 saturated carbocycles. The number of carbonyl (C=O) groups is 1. The molecule has 1 amide bonds. The van der Waals surface area contributed by atoms with Crippen molar-refractivity contribution in [3.05, 3.63) is 23.3 Å². The summed E-state index contributed by atoms with van der Waals surface area (Å²) in [6.07, 6.45) is 8.41. The Bertz CT molecular complexity index is 992. The fraction of sp³-hybridized carbons (Fsp3) is 0.750. The van der Waals surface area contributed by atoms with Crippen LogP contribution in [-0.2, 0) is 19.6 Å². The molecule has 0 N–H and O–H groups in total. The van der Waals surface area contributed by atoms with Crippen molar-refractivity contribution in [2.24, 2.45) is 11.8 Å². The molecule has 8 nitrogen and oxygen atoms in total. The van der Waals surface area contributed by atoms with E-state index in [-0.39, 0.29) is 31.7 Å². The highest BCUT2D eigenvalue weighted by atomic mass is 32.2. The summed E-state index contributed by atoms with van der Waals surface area (Å²) in [5.74, 6) is 2.07. The third kappa shape index (κ3) is 7.68. The smallest absolute Gasteiger partial charge is 0.248 e. The first-order valence-corrected chi connectivity index (χ1v) is 15.1. The quantitative estimate of drug-likeness (QED) is 0.424. The SMILES string of the molecule is COc1cc(C)c(S(=O)(=O)N(C)CCOCC(=O)N(C)[C@@H]2CCC[C@H](C3CCCN(C)CC3)C2)c(C)c1. The van der Waals surface area contributed by atoms with E-state index < -0.39 is 10.0 Å². The van der Waals surface area contributed by atoms with Crippen molar-refractivity contribution in [3.63, 3.8) is 0 Å². The lowest BCUT2D eigenvalue weighted by atomic mass is 9.75. The first-order valence-electron chi connectivity index (χ1n) is 13.7. The second-order valence-electron chi connectivity index (χ2n) is 11.0. The molecule has 3 atom stereocenters. The van der Waals surface area contributed by atoms with Crippen molar-refractivity contribution in [1.29, 1.82) is 0 Å². The highest BCUT2D eigenvalue weighted by Gasteiger charge is 2.32. The van der Waals surface area contributed by atoms with Crippen molar-refractivity contribution in [2.45, 2.75) is 69.7 Å². The van der Waals surface area contributed by atoms with Crippen LogP contribution in [0.25, 0.3) is 0 Å². The summed E-state index contributed by atoms with van der Waals surface area (Å²) in [6, 6.07) is 3.71. The Labute approximate surface area is 224 Å². The molecule has 37 heavy (non-hydrogen) atoms. The molecule has 1 aliphatic heterocycles. The number of ether oxygens (including phenoxy) is 2. The van der Waals surface area contributed by atoms with Gasteiger partial charge in [0.25, 0.3) is 0 Å². The molecule has 2 fully saturated rings. The third-order valence-corrected chi connectivity index (χ3v) is 10.6. The van der Waals surface area contributed by atoms with Gasteiger partial charge in [-0.25, -0.2) is 8.42 Å². The van der Waals surface area contributed by atoms with Gasteiger partial charge in [-0.05, 0) is 101 Å². The van der Waals surface area contributed by atoms with Crippen LogP contribution in [0.5, 0.6) is 5.75 Å². The molecule has 0 radical (unpaired) electrons. The molecule has 1 unspecified atom stereocenters. The van der Waals surface area contributed by atoms with Gasteiger partial charge < -0.3 is 19.3 Å². The zero-order valence-electron chi connectivity index (χ0n) is 23.7. The molecule has 0 bridgehead atoms. The Morgan fingerprint density at radius 3 is 2.38 bits per heavy atom. The molecule has 9 heteroatoms. The van der Waals surface area contributed by atoms with Gasteiger partial charge in [0.1, 0.15) is 12.4 Å². The minimum absolute atomic E-state index is 0.0274. The maximum absolute atomic E-state index is 13.2. The topological polar surface area (TPSA) is 79.4 Å². The average Bonchev–Trinajstić information content (AvgIpc) is 3.09. The van der Waals surface area contributed by atoms with Crippen molar-refractivity contribution in [1.82, 2.24) is 14.1 Å². The van der Waals surface area contributed by atoms with E-state index in [1.165, 1.54) is 49.5 Å². The summed E-state index contributed by atoms with van der Waals surface area (Å²) in [4.78, 5) is 17.5. The Morgan fingerprint density at radius 2 is 1.70 bits per heavy atom. The molecule has 1 aromatic carbocycles. The summed E-state index contributed by atoms with van der Waals surface area (Å²) in [5, 5.41) is 0. The average molecular weight is 538 g/mol. The normalized spacial score (nSPS) is 23.6. The lowest BCUT2D eigenvalue weighted by molar-refractivity contribution is -0.138. The van der Waals surface area contributed by atoms with Crippen molar-refractivity contribution < 1.29 is 22.7 Å². The van der Waals surface area contributed by atoms with Crippen LogP contribution in [0.15, 0.2) is 17.0 Å². The maximum Gasteiger partial charge on any atom is 0.248 e. The van der Waals surface area contributed by atoms with Crippen LogP contribution in [0.1, 0.15) is 56.1 Å². The van der Waals surface area contributed by atoms with Gasteiger partial charge in [0, 0.05) is 26.7 Å². The van der Waals surface area contributed by atoms with E-state index in [4.69, 9.17) is 9.47 Å². The molecule has 2 aliphatic rings. The van der Waals surface area contributed by atoms with Crippen LogP contribution < -0.4 is 4.74 Å². The minimum atomic E-state index is -3.68. The highest BCUT2D eigenvalue weighted by molar-refractivity contribution is 7.89. The molecule has 0 spiro atoms. The molecule has 1 aromatic rings. The lowest BCUT2D eigenvalue weighted by Gasteiger charge is -2.38. The van der Waals surface area contributed by atoms with E-state index >= 15 is 0 Å². The number of rotatable bonds is 10. The van der Waals surface area contributed by atoms with E-state index in [9.17, 15) is 13.2 Å². The van der Waals surface area contributed by atoms with Crippen LogP contribution in [0, 0.1) is 25.7 Å². The number of carbonyl (C=O) groups excluding carboxylic acids is 1. The first kappa shape index (κ1) is 29.9. The van der Waals surface area contributed by atoms with Crippen LogP contribution in [0.2, 0.25) is 0 Å². The Kier molecular flexibility index (Phi) is 10.8. The van der Waals surface area contributed by atoms with Gasteiger partial charge in [-0.15, -0.1) is 0 Å².